The number of hydrogen-bond donors (Lipinski definition) is 0. The van der Waals surface area contributed by atoms with Gasteiger partial charge in [-0.25, -0.2) is 0 Å². The molecule has 9 aromatic carbocycles. The molecule has 6 heteroatoms. The molecule has 9 aromatic rings. The first-order chi connectivity index (χ1) is 43.2. The van der Waals surface area contributed by atoms with Gasteiger partial charge in [-0.3, -0.25) is 0 Å². The van der Waals surface area contributed by atoms with Gasteiger partial charge in [-0.05, 0) is 234 Å². The molecule has 0 radical (unpaired) electrons. The van der Waals surface area contributed by atoms with Gasteiger partial charge in [0.05, 0.1) is 25.2 Å². The van der Waals surface area contributed by atoms with Crippen LogP contribution in [0.3, 0.4) is 0 Å². The van der Waals surface area contributed by atoms with Crippen molar-refractivity contribution in [2.75, 3.05) is 19.8 Å². The van der Waals surface area contributed by atoms with Gasteiger partial charge in [0.15, 0.2) is 0 Å². The maximum Gasteiger partial charge on any atom is 0.127 e. The SMILES string of the molecule is C#CC(CC)(CCCc1cccc(Oc2ccccc2)c1)c1ccc(OCC)cc1.C=CC(CC)(CCCc1cccc(Oc2ccccc2)c1)c1ccc(OCC)cc1.C=CC(CCCc1cccc(Oc2ccccc2)c1)c1ccc(OCC)cc1. The van der Waals surface area contributed by atoms with Crippen LogP contribution in [0.25, 0.3) is 0 Å². The summed E-state index contributed by atoms with van der Waals surface area (Å²) in [4.78, 5) is 0. The molecule has 0 fully saturated rings. The molecule has 0 heterocycles. The normalized spacial score (nSPS) is 12.3. The van der Waals surface area contributed by atoms with Gasteiger partial charge < -0.3 is 28.4 Å². The molecule has 0 saturated carbocycles. The summed E-state index contributed by atoms with van der Waals surface area (Å²) in [5.74, 6) is 11.4. The van der Waals surface area contributed by atoms with Crippen LogP contribution in [0, 0.1) is 12.3 Å². The summed E-state index contributed by atoms with van der Waals surface area (Å²) in [5, 5.41) is 0. The van der Waals surface area contributed by atoms with Gasteiger partial charge in [-0.15, -0.1) is 19.6 Å². The van der Waals surface area contributed by atoms with Crippen molar-refractivity contribution in [3.8, 4) is 64.1 Å². The predicted molar refractivity (Wildman–Crippen MR) is 366 cm³/mol. The number of terminal acetylenes is 1. The molecule has 3 atom stereocenters. The smallest absolute Gasteiger partial charge is 0.127 e. The van der Waals surface area contributed by atoms with Gasteiger partial charge in [0.25, 0.3) is 0 Å². The first kappa shape index (κ1) is 66.3. The lowest BCUT2D eigenvalue weighted by atomic mass is 9.74. The quantitative estimate of drug-likeness (QED) is 0.0319. The lowest BCUT2D eigenvalue weighted by molar-refractivity contribution is 0.339. The highest BCUT2D eigenvalue weighted by atomic mass is 16.5. The number of rotatable bonds is 31. The fraction of sp³-hybridized carbons (Fsp3) is 0.268. The second-order valence-electron chi connectivity index (χ2n) is 21.8. The van der Waals surface area contributed by atoms with Crippen molar-refractivity contribution in [3.63, 3.8) is 0 Å². The first-order valence-corrected chi connectivity index (χ1v) is 31.5. The van der Waals surface area contributed by atoms with Gasteiger partial charge in [0.1, 0.15) is 51.7 Å². The molecule has 454 valence electrons. The lowest BCUT2D eigenvalue weighted by Crippen LogP contribution is -2.23. The molecular formula is C82H90O6. The molecule has 0 aromatic heterocycles. The minimum absolute atomic E-state index is 0.0110. The molecule has 0 amide bonds. The van der Waals surface area contributed by atoms with Crippen LogP contribution in [-0.2, 0) is 30.1 Å². The molecule has 0 saturated heterocycles. The van der Waals surface area contributed by atoms with E-state index >= 15 is 0 Å². The third-order valence-electron chi connectivity index (χ3n) is 16.0. The Balaban J connectivity index is 0.000000188. The molecule has 88 heavy (non-hydrogen) atoms. The van der Waals surface area contributed by atoms with Crippen molar-refractivity contribution >= 4 is 0 Å². The zero-order valence-electron chi connectivity index (χ0n) is 52.6. The van der Waals surface area contributed by atoms with E-state index in [-0.39, 0.29) is 10.8 Å². The van der Waals surface area contributed by atoms with Crippen LogP contribution in [0.4, 0.5) is 0 Å². The highest BCUT2D eigenvalue weighted by Gasteiger charge is 2.28. The van der Waals surface area contributed by atoms with E-state index < -0.39 is 0 Å². The van der Waals surface area contributed by atoms with Crippen molar-refractivity contribution in [1.82, 2.24) is 0 Å². The Kier molecular flexibility index (Phi) is 27.2. The summed E-state index contributed by atoms with van der Waals surface area (Å²) in [6.07, 6.45) is 21.4. The maximum atomic E-state index is 6.04. The summed E-state index contributed by atoms with van der Waals surface area (Å²) < 4.78 is 34.6. The molecule has 0 spiro atoms. The zero-order chi connectivity index (χ0) is 62.1. The van der Waals surface area contributed by atoms with Gasteiger partial charge in [-0.2, -0.15) is 0 Å². The van der Waals surface area contributed by atoms with E-state index in [2.05, 4.69) is 136 Å². The third-order valence-corrected chi connectivity index (χ3v) is 16.0. The number of aryl methyl sites for hydroxylation is 3. The maximum absolute atomic E-state index is 6.04. The topological polar surface area (TPSA) is 55.4 Å². The minimum atomic E-state index is -0.247. The molecule has 0 bridgehead atoms. The van der Waals surface area contributed by atoms with Crippen molar-refractivity contribution in [2.45, 2.75) is 122 Å². The largest absolute Gasteiger partial charge is 0.494 e. The Bertz CT molecular complexity index is 3460. The van der Waals surface area contributed by atoms with Crippen LogP contribution in [0.15, 0.2) is 262 Å². The number of benzene rings is 9. The fourth-order valence-electron chi connectivity index (χ4n) is 11.1. The van der Waals surface area contributed by atoms with E-state index in [1.54, 1.807) is 0 Å². The molecule has 9 rings (SSSR count). The molecule has 0 N–H and O–H groups in total. The molecular weight excluding hydrogens is 1080 g/mol. The second kappa shape index (κ2) is 36.1. The van der Waals surface area contributed by atoms with Crippen LogP contribution in [-0.4, -0.2) is 19.8 Å². The number of allylic oxidation sites excluding steroid dienone is 2. The third kappa shape index (κ3) is 20.8. The fourth-order valence-corrected chi connectivity index (χ4v) is 11.1. The first-order valence-electron chi connectivity index (χ1n) is 31.5. The Morgan fingerprint density at radius 3 is 1.14 bits per heavy atom. The standard InChI is InChI=1S/C28H32O2.C28H30O2.C26H28O2/c2*1-4-28(5-2,24-17-19-25(20-18-24)29-6-3)21-11-13-23-12-10-16-27(22-23)30-26-14-8-7-9-15-26;1-3-22(23-16-18-24(19-17-23)27-4-2)12-8-10-21-11-9-15-26(20-21)28-25-13-6-5-7-14-25/h4,7-10,12,14-20,22H,1,5-6,11,13,21H2,2-3H3;1,7-10,12,14-20,22H,5-6,11,13,21H2,2-3H3;3,5-7,9,11,13-20,22H,1,4,8,10,12H2,2H3. The van der Waals surface area contributed by atoms with E-state index in [1.807, 2.05) is 166 Å². The van der Waals surface area contributed by atoms with Crippen LogP contribution in [0.1, 0.15) is 125 Å². The van der Waals surface area contributed by atoms with Crippen molar-refractivity contribution in [3.05, 3.63) is 295 Å². The van der Waals surface area contributed by atoms with Gasteiger partial charge >= 0.3 is 0 Å². The highest BCUT2D eigenvalue weighted by Crippen LogP contribution is 2.38. The molecule has 0 aliphatic carbocycles. The van der Waals surface area contributed by atoms with Gasteiger partial charge in [0.2, 0.25) is 0 Å². The predicted octanol–water partition coefficient (Wildman–Crippen LogP) is 22.1. The van der Waals surface area contributed by atoms with Gasteiger partial charge in [0, 0.05) is 11.3 Å². The zero-order valence-corrected chi connectivity index (χ0v) is 52.6. The molecule has 0 aliphatic heterocycles. The summed E-state index contributed by atoms with van der Waals surface area (Å²) in [7, 11) is 0. The summed E-state index contributed by atoms with van der Waals surface area (Å²) in [6, 6.07) is 79.9. The van der Waals surface area contributed by atoms with Crippen LogP contribution < -0.4 is 28.4 Å². The number of para-hydroxylation sites is 3. The van der Waals surface area contributed by atoms with E-state index in [4.69, 9.17) is 34.8 Å². The lowest BCUT2D eigenvalue weighted by Gasteiger charge is -2.30. The highest BCUT2D eigenvalue weighted by molar-refractivity contribution is 5.41. The van der Waals surface area contributed by atoms with Crippen molar-refractivity contribution in [1.29, 1.82) is 0 Å². The minimum Gasteiger partial charge on any atom is -0.494 e. The van der Waals surface area contributed by atoms with Crippen molar-refractivity contribution < 1.29 is 28.4 Å². The Morgan fingerprint density at radius 1 is 0.398 bits per heavy atom. The van der Waals surface area contributed by atoms with E-state index in [1.165, 1.54) is 33.4 Å². The number of ether oxygens (including phenoxy) is 6. The Hall–Kier alpha value is -9.18. The molecule has 3 unspecified atom stereocenters. The van der Waals surface area contributed by atoms with E-state index in [0.29, 0.717) is 25.7 Å². The molecule has 0 aliphatic rings. The Labute approximate surface area is 526 Å². The van der Waals surface area contributed by atoms with Crippen molar-refractivity contribution in [2.24, 2.45) is 0 Å². The van der Waals surface area contributed by atoms with Crippen LogP contribution in [0.2, 0.25) is 0 Å². The summed E-state index contributed by atoms with van der Waals surface area (Å²) in [6.45, 7) is 20.7. The summed E-state index contributed by atoms with van der Waals surface area (Å²) in [5.41, 5.74) is 7.39. The number of hydrogen-bond acceptors (Lipinski definition) is 6. The average molecular weight is 1170 g/mol. The van der Waals surface area contributed by atoms with Crippen LogP contribution >= 0.6 is 0 Å². The van der Waals surface area contributed by atoms with Crippen LogP contribution in [0.5, 0.6) is 51.7 Å². The summed E-state index contributed by atoms with van der Waals surface area (Å²) >= 11 is 0. The van der Waals surface area contributed by atoms with E-state index in [0.717, 1.165) is 122 Å². The average Bonchev–Trinajstić information content (AvgIpc) is 3.50. The second-order valence-corrected chi connectivity index (χ2v) is 21.8. The van der Waals surface area contributed by atoms with E-state index in [9.17, 15) is 0 Å². The molecule has 6 nitrogen and oxygen atoms in total. The Morgan fingerprint density at radius 2 is 0.773 bits per heavy atom. The monoisotopic (exact) mass is 1170 g/mol. The van der Waals surface area contributed by atoms with Gasteiger partial charge in [-0.1, -0.05) is 159 Å².